The predicted molar refractivity (Wildman–Crippen MR) is 72.3 cm³/mol. The monoisotopic (exact) mass is 220 g/mol. The van der Waals surface area contributed by atoms with Gasteiger partial charge in [-0.2, -0.15) is 0 Å². The Morgan fingerprint density at radius 1 is 1.06 bits per heavy atom. The standard InChI is InChI=1S/C12H18N2.C2H6/c1-4-14(5-2)12(13)11-8-6-10(3)7-9-11;1-2/h6-9,13H,4-5H2,1-3H3;1-2H3. The zero-order valence-electron chi connectivity index (χ0n) is 11.2. The van der Waals surface area contributed by atoms with Crippen molar-refractivity contribution >= 4 is 5.84 Å². The Bertz CT molecular complexity index is 297. The highest BCUT2D eigenvalue weighted by molar-refractivity contribution is 5.96. The molecule has 0 heterocycles. The van der Waals surface area contributed by atoms with Crippen molar-refractivity contribution in [3.05, 3.63) is 35.4 Å². The van der Waals surface area contributed by atoms with E-state index in [1.807, 2.05) is 43.0 Å². The van der Waals surface area contributed by atoms with Gasteiger partial charge in [0, 0.05) is 18.7 Å². The first-order chi connectivity index (χ1) is 7.69. The van der Waals surface area contributed by atoms with Crippen LogP contribution in [0.25, 0.3) is 0 Å². The first kappa shape index (κ1) is 14.7. The fraction of sp³-hybridized carbons (Fsp3) is 0.500. The molecule has 90 valence electrons. The van der Waals surface area contributed by atoms with Crippen LogP contribution in [0.4, 0.5) is 0 Å². The van der Waals surface area contributed by atoms with Crippen molar-refractivity contribution in [1.29, 1.82) is 5.41 Å². The summed E-state index contributed by atoms with van der Waals surface area (Å²) >= 11 is 0. The van der Waals surface area contributed by atoms with Crippen LogP contribution < -0.4 is 0 Å². The lowest BCUT2D eigenvalue weighted by molar-refractivity contribution is 0.463. The number of nitrogens with zero attached hydrogens (tertiary/aromatic N) is 1. The van der Waals surface area contributed by atoms with Crippen LogP contribution in [0, 0.1) is 12.3 Å². The van der Waals surface area contributed by atoms with Crippen molar-refractivity contribution in [2.24, 2.45) is 0 Å². The van der Waals surface area contributed by atoms with Crippen molar-refractivity contribution in [2.75, 3.05) is 13.1 Å². The van der Waals surface area contributed by atoms with Gasteiger partial charge in [-0.25, -0.2) is 0 Å². The van der Waals surface area contributed by atoms with E-state index in [9.17, 15) is 0 Å². The Kier molecular flexibility index (Phi) is 7.27. The molecule has 2 heteroatoms. The zero-order chi connectivity index (χ0) is 12.6. The van der Waals surface area contributed by atoms with Crippen LogP contribution in [-0.4, -0.2) is 23.8 Å². The van der Waals surface area contributed by atoms with Gasteiger partial charge in [-0.1, -0.05) is 43.7 Å². The number of rotatable bonds is 3. The molecule has 0 unspecified atom stereocenters. The maximum Gasteiger partial charge on any atom is 0.128 e. The Morgan fingerprint density at radius 3 is 1.88 bits per heavy atom. The molecule has 0 saturated carbocycles. The van der Waals surface area contributed by atoms with Crippen molar-refractivity contribution in [1.82, 2.24) is 4.90 Å². The third-order valence-corrected chi connectivity index (χ3v) is 2.40. The van der Waals surface area contributed by atoms with Crippen molar-refractivity contribution in [3.8, 4) is 0 Å². The van der Waals surface area contributed by atoms with Crippen LogP contribution in [0.15, 0.2) is 24.3 Å². The van der Waals surface area contributed by atoms with E-state index in [1.165, 1.54) is 5.56 Å². The molecule has 0 aromatic heterocycles. The summed E-state index contributed by atoms with van der Waals surface area (Å²) in [4.78, 5) is 2.05. The van der Waals surface area contributed by atoms with Gasteiger partial charge in [0.25, 0.3) is 0 Å². The Balaban J connectivity index is 0.00000106. The maximum atomic E-state index is 7.98. The third kappa shape index (κ3) is 4.05. The summed E-state index contributed by atoms with van der Waals surface area (Å²) in [5.74, 6) is 0.620. The molecule has 1 N–H and O–H groups in total. The van der Waals surface area contributed by atoms with E-state index in [1.54, 1.807) is 0 Å². The zero-order valence-corrected chi connectivity index (χ0v) is 11.2. The number of aryl methyl sites for hydroxylation is 1. The van der Waals surface area contributed by atoms with E-state index < -0.39 is 0 Å². The molecule has 1 aromatic rings. The minimum Gasteiger partial charge on any atom is -0.357 e. The lowest BCUT2D eigenvalue weighted by Gasteiger charge is -2.21. The molecule has 0 aliphatic carbocycles. The molecule has 0 atom stereocenters. The molecule has 0 spiro atoms. The highest BCUT2D eigenvalue weighted by atomic mass is 15.1. The van der Waals surface area contributed by atoms with E-state index in [0.29, 0.717) is 5.84 Å². The van der Waals surface area contributed by atoms with Crippen LogP contribution in [0.2, 0.25) is 0 Å². The molecular weight excluding hydrogens is 196 g/mol. The fourth-order valence-electron chi connectivity index (χ4n) is 1.43. The molecule has 0 saturated heterocycles. The Labute approximate surface area is 99.8 Å². The Morgan fingerprint density at radius 2 is 1.50 bits per heavy atom. The summed E-state index contributed by atoms with van der Waals surface area (Å²) < 4.78 is 0. The third-order valence-electron chi connectivity index (χ3n) is 2.40. The fourth-order valence-corrected chi connectivity index (χ4v) is 1.43. The molecule has 0 radical (unpaired) electrons. The quantitative estimate of drug-likeness (QED) is 0.610. The maximum absolute atomic E-state index is 7.98. The van der Waals surface area contributed by atoms with Crippen molar-refractivity contribution in [3.63, 3.8) is 0 Å². The first-order valence-corrected chi connectivity index (χ1v) is 6.09. The van der Waals surface area contributed by atoms with Crippen molar-refractivity contribution < 1.29 is 0 Å². The molecule has 2 nitrogen and oxygen atoms in total. The molecule has 1 aromatic carbocycles. The number of nitrogens with one attached hydrogen (secondary N) is 1. The van der Waals surface area contributed by atoms with Crippen LogP contribution in [0.1, 0.15) is 38.8 Å². The van der Waals surface area contributed by atoms with Gasteiger partial charge >= 0.3 is 0 Å². The molecular formula is C14H24N2. The van der Waals surface area contributed by atoms with Gasteiger partial charge in [0.05, 0.1) is 0 Å². The van der Waals surface area contributed by atoms with E-state index in [4.69, 9.17) is 5.41 Å². The van der Waals surface area contributed by atoms with Gasteiger partial charge in [-0.15, -0.1) is 0 Å². The second kappa shape index (κ2) is 7.91. The van der Waals surface area contributed by atoms with Gasteiger partial charge in [0.15, 0.2) is 0 Å². The first-order valence-electron chi connectivity index (χ1n) is 6.09. The largest absolute Gasteiger partial charge is 0.357 e. The molecule has 1 rings (SSSR count). The normalized spacial score (nSPS) is 9.06. The van der Waals surface area contributed by atoms with Gasteiger partial charge in [0.1, 0.15) is 5.84 Å². The van der Waals surface area contributed by atoms with E-state index in [2.05, 4.69) is 20.8 Å². The lowest BCUT2D eigenvalue weighted by Crippen LogP contribution is -2.30. The van der Waals surface area contributed by atoms with Crippen LogP contribution >= 0.6 is 0 Å². The number of hydrogen-bond acceptors (Lipinski definition) is 1. The van der Waals surface area contributed by atoms with Gasteiger partial charge in [-0.3, -0.25) is 5.41 Å². The van der Waals surface area contributed by atoms with Gasteiger partial charge < -0.3 is 4.90 Å². The van der Waals surface area contributed by atoms with E-state index in [0.717, 1.165) is 18.7 Å². The summed E-state index contributed by atoms with van der Waals surface area (Å²) in [5, 5.41) is 7.98. The van der Waals surface area contributed by atoms with Crippen LogP contribution in [-0.2, 0) is 0 Å². The molecule has 0 aliphatic heterocycles. The second-order valence-electron chi connectivity index (χ2n) is 3.39. The SMILES string of the molecule is CC.CCN(CC)C(=N)c1ccc(C)cc1. The number of benzene rings is 1. The highest BCUT2D eigenvalue weighted by Crippen LogP contribution is 2.06. The molecule has 0 aliphatic rings. The summed E-state index contributed by atoms with van der Waals surface area (Å²) in [6, 6.07) is 8.12. The van der Waals surface area contributed by atoms with Crippen LogP contribution in [0.3, 0.4) is 0 Å². The van der Waals surface area contributed by atoms with Gasteiger partial charge in [0.2, 0.25) is 0 Å². The summed E-state index contributed by atoms with van der Waals surface area (Å²) in [7, 11) is 0. The smallest absolute Gasteiger partial charge is 0.128 e. The number of hydrogen-bond donors (Lipinski definition) is 1. The lowest BCUT2D eigenvalue weighted by atomic mass is 10.1. The summed E-state index contributed by atoms with van der Waals surface area (Å²) in [5.41, 5.74) is 2.24. The average molecular weight is 220 g/mol. The minimum absolute atomic E-state index is 0.620. The average Bonchev–Trinajstić information content (AvgIpc) is 2.34. The number of amidine groups is 1. The molecule has 16 heavy (non-hydrogen) atoms. The van der Waals surface area contributed by atoms with Crippen molar-refractivity contribution in [2.45, 2.75) is 34.6 Å². The highest BCUT2D eigenvalue weighted by Gasteiger charge is 2.06. The Hall–Kier alpha value is -1.31. The summed E-state index contributed by atoms with van der Waals surface area (Å²) in [6.07, 6.45) is 0. The van der Waals surface area contributed by atoms with Crippen LogP contribution in [0.5, 0.6) is 0 Å². The molecule has 0 amide bonds. The second-order valence-corrected chi connectivity index (χ2v) is 3.39. The topological polar surface area (TPSA) is 27.1 Å². The van der Waals surface area contributed by atoms with Gasteiger partial charge in [-0.05, 0) is 20.8 Å². The summed E-state index contributed by atoms with van der Waals surface area (Å²) in [6.45, 7) is 12.0. The van der Waals surface area contributed by atoms with E-state index in [-0.39, 0.29) is 0 Å². The minimum atomic E-state index is 0.620. The molecule has 0 bridgehead atoms. The van der Waals surface area contributed by atoms with E-state index >= 15 is 0 Å². The predicted octanol–water partition coefficient (Wildman–Crippen LogP) is 3.69. The molecule has 0 fully saturated rings.